The van der Waals surface area contributed by atoms with Crippen molar-refractivity contribution in [1.29, 1.82) is 5.26 Å². The molecule has 3 aromatic rings. The van der Waals surface area contributed by atoms with Crippen molar-refractivity contribution in [1.82, 2.24) is 14.8 Å². The lowest BCUT2D eigenvalue weighted by Crippen LogP contribution is -2.39. The Kier molecular flexibility index (Phi) is 5.37. The fourth-order valence-corrected chi connectivity index (χ4v) is 5.05. The van der Waals surface area contributed by atoms with E-state index in [2.05, 4.69) is 30.0 Å². The van der Waals surface area contributed by atoms with Crippen LogP contribution >= 0.6 is 11.6 Å². The minimum absolute atomic E-state index is 0.0841. The lowest BCUT2D eigenvalue weighted by molar-refractivity contribution is -0.124. The Morgan fingerprint density at radius 3 is 2.85 bits per heavy atom. The third kappa shape index (κ3) is 3.82. The van der Waals surface area contributed by atoms with E-state index in [-0.39, 0.29) is 30.2 Å². The Labute approximate surface area is 202 Å². The van der Waals surface area contributed by atoms with Crippen LogP contribution in [-0.2, 0) is 21.5 Å². The van der Waals surface area contributed by atoms with Gasteiger partial charge in [0.15, 0.2) is 0 Å². The Hall–Kier alpha value is -3.70. The molecule has 34 heavy (non-hydrogen) atoms. The number of benzene rings is 2. The zero-order chi connectivity index (χ0) is 24.0. The number of fused-ring (bicyclic) bond motifs is 1. The molecule has 0 saturated carbocycles. The number of aromatic nitrogens is 3. The highest BCUT2D eigenvalue weighted by Gasteiger charge is 2.44. The number of amides is 2. The third-order valence-electron chi connectivity index (χ3n) is 6.56. The number of carbonyl (C=O) groups is 2. The number of halogens is 1. The topological polar surface area (TPSA) is 95.1 Å². The van der Waals surface area contributed by atoms with E-state index in [1.165, 1.54) is 6.33 Å². The summed E-state index contributed by atoms with van der Waals surface area (Å²) in [5.74, 6) is -0.666. The van der Waals surface area contributed by atoms with Crippen molar-refractivity contribution in [2.75, 3.05) is 22.9 Å². The normalized spacial score (nSPS) is 18.8. The van der Waals surface area contributed by atoms with E-state index in [9.17, 15) is 14.9 Å². The Bertz CT molecular complexity index is 1330. The van der Waals surface area contributed by atoms with Gasteiger partial charge in [-0.3, -0.25) is 9.59 Å². The van der Waals surface area contributed by atoms with Crippen LogP contribution in [-0.4, -0.2) is 39.7 Å². The molecule has 8 nitrogen and oxygen atoms in total. The molecule has 2 aromatic carbocycles. The second kappa shape index (κ2) is 8.26. The van der Waals surface area contributed by atoms with Gasteiger partial charge in [0.2, 0.25) is 11.8 Å². The standard InChI is InChI=1S/C25H23ClN6O2/c1-25(2)13-32(22-9-21(26)17(7-20(22)25)11-30-15-28-14-29-30)24(34)18-8-23(33)31(12-18)19-5-3-4-16(6-19)10-27/h3-7,9,14-15,18H,8,11-13H2,1-2H3. The minimum atomic E-state index is -0.464. The Morgan fingerprint density at radius 1 is 1.29 bits per heavy atom. The van der Waals surface area contributed by atoms with Gasteiger partial charge < -0.3 is 9.80 Å². The van der Waals surface area contributed by atoms with Crippen molar-refractivity contribution in [3.8, 4) is 6.07 Å². The number of rotatable bonds is 4. The molecule has 1 fully saturated rings. The second-order valence-electron chi connectivity index (χ2n) is 9.43. The smallest absolute Gasteiger partial charge is 0.232 e. The maximum atomic E-state index is 13.6. The quantitative estimate of drug-likeness (QED) is 0.576. The van der Waals surface area contributed by atoms with Crippen molar-refractivity contribution in [2.45, 2.75) is 32.2 Å². The number of nitriles is 1. The molecule has 1 aromatic heterocycles. The highest BCUT2D eigenvalue weighted by molar-refractivity contribution is 6.31. The van der Waals surface area contributed by atoms with Crippen molar-refractivity contribution >= 4 is 34.8 Å². The summed E-state index contributed by atoms with van der Waals surface area (Å²) in [4.78, 5) is 33.7. The second-order valence-corrected chi connectivity index (χ2v) is 9.84. The molecule has 2 amide bonds. The third-order valence-corrected chi connectivity index (χ3v) is 6.92. The van der Waals surface area contributed by atoms with E-state index < -0.39 is 5.92 Å². The number of nitrogens with zero attached hydrogens (tertiary/aromatic N) is 6. The van der Waals surface area contributed by atoms with Crippen LogP contribution < -0.4 is 9.80 Å². The molecule has 1 atom stereocenters. The maximum absolute atomic E-state index is 13.6. The summed E-state index contributed by atoms with van der Waals surface area (Å²) >= 11 is 6.61. The fraction of sp³-hybridized carbons (Fsp3) is 0.320. The number of hydrogen-bond donors (Lipinski definition) is 0. The zero-order valence-electron chi connectivity index (χ0n) is 18.9. The van der Waals surface area contributed by atoms with Crippen LogP contribution in [0.1, 0.15) is 37.0 Å². The van der Waals surface area contributed by atoms with E-state index in [1.807, 2.05) is 12.1 Å². The average Bonchev–Trinajstić information content (AvgIpc) is 3.53. The average molecular weight is 475 g/mol. The van der Waals surface area contributed by atoms with Crippen LogP contribution in [0.5, 0.6) is 0 Å². The maximum Gasteiger partial charge on any atom is 0.232 e. The summed E-state index contributed by atoms with van der Waals surface area (Å²) in [7, 11) is 0. The van der Waals surface area contributed by atoms with E-state index >= 15 is 0 Å². The fourth-order valence-electron chi connectivity index (χ4n) is 4.83. The Balaban J connectivity index is 1.41. The largest absolute Gasteiger partial charge is 0.312 e. The van der Waals surface area contributed by atoms with Crippen molar-refractivity contribution in [3.05, 3.63) is 70.8 Å². The minimum Gasteiger partial charge on any atom is -0.312 e. The molecule has 2 aliphatic heterocycles. The first-order valence-corrected chi connectivity index (χ1v) is 11.4. The van der Waals surface area contributed by atoms with E-state index in [0.717, 1.165) is 16.8 Å². The van der Waals surface area contributed by atoms with Crippen molar-refractivity contribution < 1.29 is 9.59 Å². The molecule has 1 unspecified atom stereocenters. The van der Waals surface area contributed by atoms with Crippen molar-refractivity contribution in [3.63, 3.8) is 0 Å². The number of anilines is 2. The molecular formula is C25H23ClN6O2. The first-order valence-electron chi connectivity index (χ1n) is 11.0. The first-order chi connectivity index (χ1) is 16.3. The molecule has 0 spiro atoms. The summed E-state index contributed by atoms with van der Waals surface area (Å²) in [6.07, 6.45) is 3.26. The van der Waals surface area contributed by atoms with Gasteiger partial charge in [-0.15, -0.1) is 0 Å². The highest BCUT2D eigenvalue weighted by atomic mass is 35.5. The van der Waals surface area contributed by atoms with E-state index in [4.69, 9.17) is 11.6 Å². The highest BCUT2D eigenvalue weighted by Crippen LogP contribution is 2.44. The van der Waals surface area contributed by atoms with Gasteiger partial charge in [-0.05, 0) is 41.5 Å². The molecule has 2 aliphatic rings. The van der Waals surface area contributed by atoms with Gasteiger partial charge in [0.1, 0.15) is 12.7 Å². The van der Waals surface area contributed by atoms with Crippen LogP contribution in [0.25, 0.3) is 0 Å². The summed E-state index contributed by atoms with van der Waals surface area (Å²) in [5, 5.41) is 13.9. The summed E-state index contributed by atoms with van der Waals surface area (Å²) in [5.41, 5.74) is 3.60. The van der Waals surface area contributed by atoms with Crippen LogP contribution in [0, 0.1) is 17.2 Å². The van der Waals surface area contributed by atoms with Crippen LogP contribution in [0.15, 0.2) is 49.1 Å². The molecule has 0 radical (unpaired) electrons. The molecule has 172 valence electrons. The number of carbonyl (C=O) groups excluding carboxylic acids is 2. The van der Waals surface area contributed by atoms with Crippen LogP contribution in [0.3, 0.4) is 0 Å². The molecule has 1 saturated heterocycles. The zero-order valence-corrected chi connectivity index (χ0v) is 19.7. The van der Waals surface area contributed by atoms with Gasteiger partial charge in [-0.2, -0.15) is 10.4 Å². The van der Waals surface area contributed by atoms with Gasteiger partial charge in [0.05, 0.1) is 24.1 Å². The first kappa shape index (κ1) is 22.1. The van der Waals surface area contributed by atoms with Gasteiger partial charge in [0, 0.05) is 41.3 Å². The van der Waals surface area contributed by atoms with Gasteiger partial charge in [0.25, 0.3) is 0 Å². The molecule has 9 heteroatoms. The SMILES string of the molecule is CC1(C)CN(C(=O)C2CC(=O)N(c3cccc(C#N)c3)C2)c2cc(Cl)c(Cn3cncn3)cc21. The molecule has 0 N–H and O–H groups in total. The predicted molar refractivity (Wildman–Crippen MR) is 128 cm³/mol. The van der Waals surface area contributed by atoms with E-state index in [0.29, 0.717) is 29.4 Å². The molecule has 0 aliphatic carbocycles. The molecular weight excluding hydrogens is 452 g/mol. The van der Waals surface area contributed by atoms with Crippen molar-refractivity contribution in [2.24, 2.45) is 5.92 Å². The van der Waals surface area contributed by atoms with Crippen LogP contribution in [0.2, 0.25) is 5.02 Å². The summed E-state index contributed by atoms with van der Waals surface area (Å²) < 4.78 is 1.71. The number of hydrogen-bond acceptors (Lipinski definition) is 5. The van der Waals surface area contributed by atoms with E-state index in [1.54, 1.807) is 45.1 Å². The molecule has 5 rings (SSSR count). The summed E-state index contributed by atoms with van der Waals surface area (Å²) in [6.45, 7) is 5.50. The Morgan fingerprint density at radius 2 is 2.12 bits per heavy atom. The lowest BCUT2D eigenvalue weighted by Gasteiger charge is -2.24. The van der Waals surface area contributed by atoms with Crippen LogP contribution in [0.4, 0.5) is 11.4 Å². The van der Waals surface area contributed by atoms with Gasteiger partial charge in [-0.1, -0.05) is 31.5 Å². The monoisotopic (exact) mass is 474 g/mol. The lowest BCUT2D eigenvalue weighted by atomic mass is 9.86. The predicted octanol–water partition coefficient (Wildman–Crippen LogP) is 3.53. The molecule has 0 bridgehead atoms. The summed E-state index contributed by atoms with van der Waals surface area (Å²) in [6, 6.07) is 12.9. The van der Waals surface area contributed by atoms with Gasteiger partial charge >= 0.3 is 0 Å². The molecule has 3 heterocycles. The van der Waals surface area contributed by atoms with Gasteiger partial charge in [-0.25, -0.2) is 9.67 Å².